The van der Waals surface area contributed by atoms with Crippen LogP contribution >= 0.6 is 0 Å². The van der Waals surface area contributed by atoms with Crippen LogP contribution in [0, 0.1) is 17.9 Å². The zero-order chi connectivity index (χ0) is 28.2. The van der Waals surface area contributed by atoms with E-state index in [0.717, 1.165) is 44.1 Å². The second-order valence-electron chi connectivity index (χ2n) is 10.4. The Bertz CT molecular complexity index is 2400. The van der Waals surface area contributed by atoms with E-state index in [2.05, 4.69) is 117 Å². The molecule has 0 atom stereocenters. The minimum absolute atomic E-state index is 0.455. The normalized spacial score (nSPS) is 11.3. The maximum Gasteiger partial charge on any atom is 0.211 e. The van der Waals surface area contributed by atoms with Crippen molar-refractivity contribution in [3.63, 3.8) is 0 Å². The van der Waals surface area contributed by atoms with Crippen LogP contribution in [-0.4, -0.2) is 9.13 Å². The number of rotatable bonds is 3. The Morgan fingerprint density at radius 1 is 0.571 bits per heavy atom. The van der Waals surface area contributed by atoms with Gasteiger partial charge in [-0.25, -0.2) is 4.85 Å². The average Bonchev–Trinajstić information content (AvgIpc) is 3.57. The van der Waals surface area contributed by atoms with Gasteiger partial charge in [0.1, 0.15) is 0 Å². The van der Waals surface area contributed by atoms with Gasteiger partial charge < -0.3 is 9.13 Å². The summed E-state index contributed by atoms with van der Waals surface area (Å²) >= 11 is 0. The first-order valence-electron chi connectivity index (χ1n) is 13.8. The third-order valence-electron chi connectivity index (χ3n) is 8.18. The first kappa shape index (κ1) is 23.8. The quantitative estimate of drug-likeness (QED) is 0.208. The highest BCUT2D eigenvalue weighted by atomic mass is 15.0. The van der Waals surface area contributed by atoms with Crippen molar-refractivity contribution >= 4 is 49.3 Å². The largest absolute Gasteiger partial charge is 0.318 e. The summed E-state index contributed by atoms with van der Waals surface area (Å²) in [7, 11) is 0. The fourth-order valence-electron chi connectivity index (χ4n) is 6.44. The van der Waals surface area contributed by atoms with Crippen LogP contribution in [0.2, 0.25) is 0 Å². The molecule has 2 aromatic heterocycles. The molecule has 6 aromatic carbocycles. The van der Waals surface area contributed by atoms with E-state index in [-0.39, 0.29) is 0 Å². The SMILES string of the molecule is [C-]#[N+]c1cccc(C#N)c1-n1c2ccccc2c2c(-c3ccc4c5ccccc5n(-c5ccccc5)c4c3)cccc21. The summed E-state index contributed by atoms with van der Waals surface area (Å²) in [5.41, 5.74) is 9.13. The van der Waals surface area contributed by atoms with Gasteiger partial charge in [0.2, 0.25) is 5.69 Å². The topological polar surface area (TPSA) is 38.0 Å². The van der Waals surface area contributed by atoms with Crippen LogP contribution in [0.5, 0.6) is 0 Å². The number of fused-ring (bicyclic) bond motifs is 6. The zero-order valence-electron chi connectivity index (χ0n) is 22.5. The molecule has 0 saturated heterocycles. The Morgan fingerprint density at radius 3 is 2.02 bits per heavy atom. The lowest BCUT2D eigenvalue weighted by molar-refractivity contribution is 1.17. The van der Waals surface area contributed by atoms with Gasteiger partial charge in [-0.05, 0) is 53.6 Å². The number of nitrogens with zero attached hydrogens (tertiary/aromatic N) is 4. The van der Waals surface area contributed by atoms with Crippen LogP contribution in [-0.2, 0) is 0 Å². The van der Waals surface area contributed by atoms with Gasteiger partial charge in [0, 0.05) is 27.2 Å². The molecule has 0 unspecified atom stereocenters. The first-order chi connectivity index (χ1) is 20.8. The van der Waals surface area contributed by atoms with E-state index < -0.39 is 0 Å². The Hall–Kier alpha value is -6.10. The van der Waals surface area contributed by atoms with Crippen molar-refractivity contribution in [1.29, 1.82) is 5.26 Å². The molecule has 8 rings (SSSR count). The standard InChI is InChI=1S/C38H22N4/c1-40-32-17-9-11-26(24-39)38(32)42-34-19-8-6-15-31(34)37-28(16-10-20-35(37)42)25-21-22-30-29-14-5-7-18-33(29)41(36(30)23-25)27-12-3-2-4-13-27/h2-23H. The number of benzene rings is 6. The molecule has 0 bridgehead atoms. The lowest BCUT2D eigenvalue weighted by Crippen LogP contribution is -1.98. The average molecular weight is 535 g/mol. The molecule has 0 aliphatic carbocycles. The van der Waals surface area contributed by atoms with Crippen molar-refractivity contribution < 1.29 is 0 Å². The van der Waals surface area contributed by atoms with Gasteiger partial charge in [-0.15, -0.1) is 0 Å². The molecule has 2 heterocycles. The molecule has 0 saturated carbocycles. The van der Waals surface area contributed by atoms with E-state index in [1.807, 2.05) is 18.2 Å². The Kier molecular flexibility index (Phi) is 5.22. The smallest absolute Gasteiger partial charge is 0.211 e. The fourth-order valence-corrected chi connectivity index (χ4v) is 6.44. The predicted octanol–water partition coefficient (Wildman–Crippen LogP) is 9.97. The van der Waals surface area contributed by atoms with Gasteiger partial charge >= 0.3 is 0 Å². The van der Waals surface area contributed by atoms with E-state index in [4.69, 9.17) is 6.57 Å². The third kappa shape index (κ3) is 3.33. The van der Waals surface area contributed by atoms with Crippen LogP contribution in [0.3, 0.4) is 0 Å². The molecule has 0 aliphatic rings. The van der Waals surface area contributed by atoms with Crippen molar-refractivity contribution in [2.24, 2.45) is 0 Å². The van der Waals surface area contributed by atoms with Gasteiger partial charge in [-0.1, -0.05) is 91.0 Å². The van der Waals surface area contributed by atoms with Crippen molar-refractivity contribution in [2.45, 2.75) is 0 Å². The molecule has 0 spiro atoms. The number of aromatic nitrogens is 2. The van der Waals surface area contributed by atoms with Gasteiger partial charge in [-0.2, -0.15) is 5.26 Å². The monoisotopic (exact) mass is 534 g/mol. The summed E-state index contributed by atoms with van der Waals surface area (Å²) in [6.45, 7) is 7.87. The molecule has 0 aliphatic heterocycles. The fraction of sp³-hybridized carbons (Fsp3) is 0. The molecule has 0 amide bonds. The summed E-state index contributed by atoms with van der Waals surface area (Å²) in [6, 6.07) is 48.0. The molecule has 0 N–H and O–H groups in total. The summed E-state index contributed by atoms with van der Waals surface area (Å²) in [4.78, 5) is 3.80. The third-order valence-corrected chi connectivity index (χ3v) is 8.18. The minimum atomic E-state index is 0.455. The molecule has 0 radical (unpaired) electrons. The van der Waals surface area contributed by atoms with E-state index >= 15 is 0 Å². The zero-order valence-corrected chi connectivity index (χ0v) is 22.5. The number of hydrogen-bond acceptors (Lipinski definition) is 1. The van der Waals surface area contributed by atoms with Gasteiger partial charge in [-0.3, -0.25) is 0 Å². The molecule has 8 aromatic rings. The highest BCUT2D eigenvalue weighted by molar-refractivity contribution is 6.17. The maximum absolute atomic E-state index is 10.0. The predicted molar refractivity (Wildman–Crippen MR) is 172 cm³/mol. The molecule has 42 heavy (non-hydrogen) atoms. The van der Waals surface area contributed by atoms with Gasteiger partial charge in [0.25, 0.3) is 0 Å². The molecule has 194 valence electrons. The van der Waals surface area contributed by atoms with Gasteiger partial charge in [0.05, 0.1) is 46.0 Å². The second-order valence-corrected chi connectivity index (χ2v) is 10.4. The maximum atomic E-state index is 10.0. The molecule has 0 fully saturated rings. The van der Waals surface area contributed by atoms with Crippen molar-refractivity contribution in [1.82, 2.24) is 9.13 Å². The van der Waals surface area contributed by atoms with Crippen molar-refractivity contribution in [2.75, 3.05) is 0 Å². The van der Waals surface area contributed by atoms with E-state index in [9.17, 15) is 5.26 Å². The van der Waals surface area contributed by atoms with Crippen LogP contribution < -0.4 is 0 Å². The highest BCUT2D eigenvalue weighted by Gasteiger charge is 2.21. The van der Waals surface area contributed by atoms with Crippen LogP contribution in [0.1, 0.15) is 5.56 Å². The second kappa shape index (κ2) is 9.24. The van der Waals surface area contributed by atoms with E-state index in [1.165, 1.54) is 16.3 Å². The molecule has 4 heteroatoms. The Morgan fingerprint density at radius 2 is 1.24 bits per heavy atom. The molecular weight excluding hydrogens is 512 g/mol. The van der Waals surface area contributed by atoms with Crippen LogP contribution in [0.4, 0.5) is 5.69 Å². The van der Waals surface area contributed by atoms with Crippen molar-refractivity contribution in [3.05, 3.63) is 150 Å². The molecular formula is C38H22N4. The number of nitriles is 1. The Labute approximate surface area is 242 Å². The summed E-state index contributed by atoms with van der Waals surface area (Å²) in [5.74, 6) is 0. The van der Waals surface area contributed by atoms with Gasteiger partial charge in [0.15, 0.2) is 0 Å². The van der Waals surface area contributed by atoms with E-state index in [1.54, 1.807) is 18.2 Å². The summed E-state index contributed by atoms with van der Waals surface area (Å²) < 4.78 is 4.42. The summed E-state index contributed by atoms with van der Waals surface area (Å²) in [5, 5.41) is 14.6. The Balaban J connectivity index is 1.47. The lowest BCUT2D eigenvalue weighted by atomic mass is 9.98. The molecule has 4 nitrogen and oxygen atoms in total. The van der Waals surface area contributed by atoms with Crippen LogP contribution in [0.15, 0.2) is 133 Å². The van der Waals surface area contributed by atoms with E-state index in [0.29, 0.717) is 16.9 Å². The number of para-hydroxylation sites is 4. The summed E-state index contributed by atoms with van der Waals surface area (Å²) in [6.07, 6.45) is 0. The number of hydrogen-bond donors (Lipinski definition) is 0. The minimum Gasteiger partial charge on any atom is -0.318 e. The first-order valence-corrected chi connectivity index (χ1v) is 13.8. The lowest BCUT2D eigenvalue weighted by Gasteiger charge is -2.12. The van der Waals surface area contributed by atoms with Crippen molar-refractivity contribution in [3.8, 4) is 28.6 Å². The highest BCUT2D eigenvalue weighted by Crippen LogP contribution is 2.42. The van der Waals surface area contributed by atoms with Crippen LogP contribution in [0.25, 0.3) is 71.0 Å².